The van der Waals surface area contributed by atoms with Gasteiger partial charge in [-0.05, 0) is 12.1 Å². The summed E-state index contributed by atoms with van der Waals surface area (Å²) >= 11 is 0. The Hall–Kier alpha value is -1.81. The maximum absolute atomic E-state index is 4.39. The summed E-state index contributed by atoms with van der Waals surface area (Å²) in [6, 6.07) is 10.7. The van der Waals surface area contributed by atoms with Crippen molar-refractivity contribution in [1.82, 2.24) is 14.5 Å². The number of piperazine rings is 1. The first kappa shape index (κ1) is 12.2. The Morgan fingerprint density at radius 1 is 1.05 bits per heavy atom. The lowest BCUT2D eigenvalue weighted by Crippen LogP contribution is -2.46. The number of anilines is 1. The Bertz CT molecular complexity index is 512. The molecule has 3 rings (SSSR count). The largest absolute Gasteiger partial charge is 0.369 e. The minimum Gasteiger partial charge on any atom is -0.369 e. The van der Waals surface area contributed by atoms with Crippen LogP contribution in [0.5, 0.6) is 0 Å². The minimum absolute atomic E-state index is 0.951. The molecule has 4 heteroatoms. The van der Waals surface area contributed by atoms with Crippen LogP contribution >= 0.6 is 0 Å². The van der Waals surface area contributed by atoms with Crippen molar-refractivity contribution >= 4 is 5.69 Å². The summed E-state index contributed by atoms with van der Waals surface area (Å²) in [5, 5.41) is 0. The van der Waals surface area contributed by atoms with Gasteiger partial charge in [-0.25, -0.2) is 4.98 Å². The zero-order valence-electron chi connectivity index (χ0n) is 11.4. The van der Waals surface area contributed by atoms with E-state index in [1.54, 1.807) is 0 Å². The van der Waals surface area contributed by atoms with Crippen molar-refractivity contribution < 1.29 is 0 Å². The number of benzene rings is 1. The van der Waals surface area contributed by atoms with E-state index in [1.807, 2.05) is 12.4 Å². The van der Waals surface area contributed by atoms with Crippen LogP contribution < -0.4 is 4.90 Å². The molecule has 2 heterocycles. The maximum Gasteiger partial charge on any atom is 0.122 e. The molecule has 0 amide bonds. The first-order chi connectivity index (χ1) is 9.33. The first-order valence-corrected chi connectivity index (χ1v) is 6.81. The molecule has 0 unspecified atom stereocenters. The smallest absolute Gasteiger partial charge is 0.122 e. The zero-order chi connectivity index (χ0) is 13.1. The van der Waals surface area contributed by atoms with Crippen LogP contribution in [0.4, 0.5) is 5.69 Å². The van der Waals surface area contributed by atoms with Gasteiger partial charge in [-0.3, -0.25) is 4.90 Å². The highest BCUT2D eigenvalue weighted by atomic mass is 15.3. The summed E-state index contributed by atoms with van der Waals surface area (Å²) in [5.41, 5.74) is 1.33. The zero-order valence-corrected chi connectivity index (χ0v) is 11.4. The van der Waals surface area contributed by atoms with Crippen molar-refractivity contribution in [2.24, 2.45) is 7.05 Å². The van der Waals surface area contributed by atoms with Gasteiger partial charge in [0.15, 0.2) is 0 Å². The van der Waals surface area contributed by atoms with Crippen molar-refractivity contribution in [2.75, 3.05) is 31.1 Å². The van der Waals surface area contributed by atoms with Gasteiger partial charge >= 0.3 is 0 Å². The molecule has 100 valence electrons. The summed E-state index contributed by atoms with van der Waals surface area (Å²) in [5.74, 6) is 1.15. The average Bonchev–Trinajstić information content (AvgIpc) is 2.86. The number of nitrogens with zero attached hydrogens (tertiary/aromatic N) is 4. The molecule has 1 aromatic carbocycles. The van der Waals surface area contributed by atoms with Gasteiger partial charge in [0.1, 0.15) is 5.82 Å². The fourth-order valence-electron chi connectivity index (χ4n) is 2.55. The molecule has 1 aliphatic heterocycles. The second-order valence-electron chi connectivity index (χ2n) is 5.05. The van der Waals surface area contributed by atoms with E-state index >= 15 is 0 Å². The second kappa shape index (κ2) is 5.45. The third-order valence-corrected chi connectivity index (χ3v) is 3.78. The summed E-state index contributed by atoms with van der Waals surface area (Å²) in [4.78, 5) is 9.32. The van der Waals surface area contributed by atoms with Crippen LogP contribution in [-0.4, -0.2) is 40.6 Å². The van der Waals surface area contributed by atoms with Crippen LogP contribution in [0.3, 0.4) is 0 Å². The molecule has 19 heavy (non-hydrogen) atoms. The molecule has 1 saturated heterocycles. The van der Waals surface area contributed by atoms with Gasteiger partial charge in [0.05, 0.1) is 6.54 Å². The molecule has 2 aromatic rings. The van der Waals surface area contributed by atoms with Gasteiger partial charge in [0.25, 0.3) is 0 Å². The Morgan fingerprint density at radius 2 is 1.79 bits per heavy atom. The highest BCUT2D eigenvalue weighted by Gasteiger charge is 2.18. The number of aryl methyl sites for hydroxylation is 1. The minimum atomic E-state index is 0.951. The molecule has 0 aliphatic carbocycles. The number of hydrogen-bond acceptors (Lipinski definition) is 3. The molecular formula is C15H20N4. The summed E-state index contributed by atoms with van der Waals surface area (Å²) in [6.45, 7) is 5.33. The molecule has 0 N–H and O–H groups in total. The number of rotatable bonds is 3. The van der Waals surface area contributed by atoms with Crippen LogP contribution in [0.2, 0.25) is 0 Å². The van der Waals surface area contributed by atoms with E-state index in [0.717, 1.165) is 38.5 Å². The summed E-state index contributed by atoms with van der Waals surface area (Å²) in [6.07, 6.45) is 3.88. The van der Waals surface area contributed by atoms with Crippen molar-refractivity contribution in [2.45, 2.75) is 6.54 Å². The number of imidazole rings is 1. The highest BCUT2D eigenvalue weighted by molar-refractivity contribution is 5.46. The third kappa shape index (κ3) is 2.79. The SMILES string of the molecule is Cn1ccnc1CN1CCN(c2ccccc2)CC1. The van der Waals surface area contributed by atoms with Crippen molar-refractivity contribution in [1.29, 1.82) is 0 Å². The predicted octanol–water partition coefficient (Wildman–Crippen LogP) is 1.74. The van der Waals surface area contributed by atoms with Crippen molar-refractivity contribution in [3.8, 4) is 0 Å². The Morgan fingerprint density at radius 3 is 2.42 bits per heavy atom. The lowest BCUT2D eigenvalue weighted by molar-refractivity contribution is 0.242. The first-order valence-electron chi connectivity index (χ1n) is 6.81. The Labute approximate surface area is 114 Å². The van der Waals surface area contributed by atoms with Crippen LogP contribution in [-0.2, 0) is 13.6 Å². The van der Waals surface area contributed by atoms with E-state index in [2.05, 4.69) is 56.7 Å². The summed E-state index contributed by atoms with van der Waals surface area (Å²) < 4.78 is 2.10. The van der Waals surface area contributed by atoms with Gasteiger partial charge in [-0.1, -0.05) is 18.2 Å². The van der Waals surface area contributed by atoms with Crippen LogP contribution in [0.1, 0.15) is 5.82 Å². The van der Waals surface area contributed by atoms with Crippen molar-refractivity contribution in [3.05, 3.63) is 48.5 Å². The maximum atomic E-state index is 4.39. The lowest BCUT2D eigenvalue weighted by atomic mass is 10.2. The molecule has 4 nitrogen and oxygen atoms in total. The number of para-hydroxylation sites is 1. The van der Waals surface area contributed by atoms with E-state index in [4.69, 9.17) is 0 Å². The molecule has 1 aromatic heterocycles. The highest BCUT2D eigenvalue weighted by Crippen LogP contribution is 2.16. The van der Waals surface area contributed by atoms with Gasteiger partial charge < -0.3 is 9.47 Å². The lowest BCUT2D eigenvalue weighted by Gasteiger charge is -2.35. The third-order valence-electron chi connectivity index (χ3n) is 3.78. The fraction of sp³-hybridized carbons (Fsp3) is 0.400. The van der Waals surface area contributed by atoms with Crippen LogP contribution in [0.15, 0.2) is 42.7 Å². The van der Waals surface area contributed by atoms with E-state index in [9.17, 15) is 0 Å². The van der Waals surface area contributed by atoms with E-state index in [1.165, 1.54) is 5.69 Å². The van der Waals surface area contributed by atoms with Gasteiger partial charge in [-0.2, -0.15) is 0 Å². The second-order valence-corrected chi connectivity index (χ2v) is 5.05. The molecule has 0 spiro atoms. The predicted molar refractivity (Wildman–Crippen MR) is 77.1 cm³/mol. The Balaban J connectivity index is 1.57. The monoisotopic (exact) mass is 256 g/mol. The van der Waals surface area contributed by atoms with E-state index in [-0.39, 0.29) is 0 Å². The number of hydrogen-bond donors (Lipinski definition) is 0. The molecule has 1 fully saturated rings. The Kier molecular flexibility index (Phi) is 3.51. The van der Waals surface area contributed by atoms with Crippen molar-refractivity contribution in [3.63, 3.8) is 0 Å². The fourth-order valence-corrected chi connectivity index (χ4v) is 2.55. The molecule has 0 atom stereocenters. The van der Waals surface area contributed by atoms with Gasteiger partial charge in [0, 0.05) is 51.3 Å². The van der Waals surface area contributed by atoms with Crippen LogP contribution in [0.25, 0.3) is 0 Å². The van der Waals surface area contributed by atoms with Gasteiger partial charge in [0.2, 0.25) is 0 Å². The molecule has 0 radical (unpaired) electrons. The normalized spacial score (nSPS) is 16.8. The standard InChI is InChI=1S/C15H20N4/c1-17-8-7-16-15(17)13-18-9-11-19(12-10-18)14-5-3-2-4-6-14/h2-8H,9-13H2,1H3. The molecule has 0 saturated carbocycles. The quantitative estimate of drug-likeness (QED) is 0.836. The molecule has 1 aliphatic rings. The van der Waals surface area contributed by atoms with Gasteiger partial charge in [-0.15, -0.1) is 0 Å². The average molecular weight is 256 g/mol. The molecular weight excluding hydrogens is 236 g/mol. The topological polar surface area (TPSA) is 24.3 Å². The summed E-state index contributed by atoms with van der Waals surface area (Å²) in [7, 11) is 2.06. The van der Waals surface area contributed by atoms with Crippen LogP contribution in [0, 0.1) is 0 Å². The van der Waals surface area contributed by atoms with E-state index in [0.29, 0.717) is 0 Å². The molecule has 0 bridgehead atoms. The van der Waals surface area contributed by atoms with E-state index < -0.39 is 0 Å². The number of aromatic nitrogens is 2.